The van der Waals surface area contributed by atoms with Gasteiger partial charge in [0.15, 0.2) is 9.84 Å². The van der Waals surface area contributed by atoms with Gasteiger partial charge in [-0.05, 0) is 30.7 Å². The van der Waals surface area contributed by atoms with Crippen LogP contribution in [0.5, 0.6) is 0 Å². The number of carbonyl (C=O) groups is 1. The number of aromatic nitrogens is 1. The van der Waals surface area contributed by atoms with E-state index in [-0.39, 0.29) is 43.4 Å². The van der Waals surface area contributed by atoms with Crippen molar-refractivity contribution in [1.82, 2.24) is 8.87 Å². The molecule has 1 unspecified atom stereocenters. The fraction of sp³-hybridized carbons (Fsp3) is 0.318. The first-order chi connectivity index (χ1) is 15.7. The zero-order valence-corrected chi connectivity index (χ0v) is 20.9. The molecule has 1 atom stereocenters. The molecule has 1 aliphatic rings. The Hall–Kier alpha value is -1.91. The summed E-state index contributed by atoms with van der Waals surface area (Å²) < 4.78 is 46.1. The number of rotatable bonds is 6. The first kappa shape index (κ1) is 24.2. The van der Waals surface area contributed by atoms with Crippen LogP contribution in [0.3, 0.4) is 0 Å². The summed E-state index contributed by atoms with van der Waals surface area (Å²) in [5.41, 5.74) is 1.69. The van der Waals surface area contributed by atoms with Crippen LogP contribution < -0.4 is 0 Å². The molecule has 1 aliphatic heterocycles. The summed E-state index contributed by atoms with van der Waals surface area (Å²) in [6.45, 7) is 2.39. The van der Waals surface area contributed by atoms with Gasteiger partial charge in [0, 0.05) is 25.0 Å². The van der Waals surface area contributed by atoms with E-state index in [4.69, 9.17) is 27.9 Å². The number of benzene rings is 2. The standard InChI is InChI=1S/C22H22Cl2N2O5S2/c1-2-31-22(27)20-21(32(28)25-9-11-33(29,30)12-10-25)16-5-3-4-6-19(16)26(20)14-15-7-8-17(23)18(24)13-15/h3-8,13H,2,9-12,14H2,1H3. The third-order valence-electron chi connectivity index (χ3n) is 5.43. The first-order valence-corrected chi connectivity index (χ1v) is 14.0. The molecule has 0 radical (unpaired) electrons. The molecule has 1 aromatic heterocycles. The van der Waals surface area contributed by atoms with E-state index in [1.54, 1.807) is 34.0 Å². The lowest BCUT2D eigenvalue weighted by molar-refractivity contribution is 0.0510. The molecular weight excluding hydrogens is 507 g/mol. The number of hydrogen-bond donors (Lipinski definition) is 0. The van der Waals surface area contributed by atoms with Crippen molar-refractivity contribution < 1.29 is 22.2 Å². The second kappa shape index (κ2) is 9.76. The number of hydrogen-bond acceptors (Lipinski definition) is 5. The minimum absolute atomic E-state index is 0.0740. The Balaban J connectivity index is 1.87. The van der Waals surface area contributed by atoms with Gasteiger partial charge in [0.2, 0.25) is 0 Å². The van der Waals surface area contributed by atoms with Crippen LogP contribution in [0.15, 0.2) is 47.4 Å². The molecule has 0 spiro atoms. The summed E-state index contributed by atoms with van der Waals surface area (Å²) >= 11 is 12.2. The highest BCUT2D eigenvalue weighted by molar-refractivity contribution is 7.91. The van der Waals surface area contributed by atoms with E-state index in [9.17, 15) is 17.4 Å². The maximum absolute atomic E-state index is 13.7. The van der Waals surface area contributed by atoms with Crippen LogP contribution in [0.25, 0.3) is 10.9 Å². The van der Waals surface area contributed by atoms with Gasteiger partial charge in [-0.15, -0.1) is 0 Å². The minimum Gasteiger partial charge on any atom is -0.461 e. The summed E-state index contributed by atoms with van der Waals surface area (Å²) in [5, 5.41) is 1.46. The Bertz CT molecular complexity index is 1340. The predicted molar refractivity (Wildman–Crippen MR) is 130 cm³/mol. The van der Waals surface area contributed by atoms with Gasteiger partial charge < -0.3 is 9.30 Å². The van der Waals surface area contributed by atoms with Gasteiger partial charge in [0.1, 0.15) is 16.7 Å². The Morgan fingerprint density at radius 2 is 1.79 bits per heavy atom. The summed E-state index contributed by atoms with van der Waals surface area (Å²) in [4.78, 5) is 13.4. The lowest BCUT2D eigenvalue weighted by Crippen LogP contribution is -2.41. The van der Waals surface area contributed by atoms with Crippen molar-refractivity contribution in [2.24, 2.45) is 0 Å². The van der Waals surface area contributed by atoms with Gasteiger partial charge in [-0.1, -0.05) is 47.5 Å². The van der Waals surface area contributed by atoms with E-state index in [2.05, 4.69) is 0 Å². The van der Waals surface area contributed by atoms with Crippen molar-refractivity contribution in [2.75, 3.05) is 31.2 Å². The molecule has 2 aromatic carbocycles. The van der Waals surface area contributed by atoms with E-state index < -0.39 is 26.8 Å². The van der Waals surface area contributed by atoms with Gasteiger partial charge in [-0.3, -0.25) is 0 Å². The van der Waals surface area contributed by atoms with E-state index in [0.29, 0.717) is 25.8 Å². The van der Waals surface area contributed by atoms with E-state index in [1.165, 1.54) is 0 Å². The van der Waals surface area contributed by atoms with Gasteiger partial charge in [-0.2, -0.15) is 0 Å². The number of sulfone groups is 1. The molecule has 7 nitrogen and oxygen atoms in total. The highest BCUT2D eigenvalue weighted by atomic mass is 35.5. The number of esters is 1. The second-order valence-corrected chi connectivity index (χ2v) is 12.1. The van der Waals surface area contributed by atoms with Crippen molar-refractivity contribution in [2.45, 2.75) is 18.4 Å². The third kappa shape index (κ3) is 4.97. The second-order valence-electron chi connectivity index (χ2n) is 7.58. The van der Waals surface area contributed by atoms with E-state index in [1.807, 2.05) is 24.3 Å². The Kier molecular flexibility index (Phi) is 7.16. The van der Waals surface area contributed by atoms with Crippen molar-refractivity contribution >= 4 is 60.9 Å². The molecule has 176 valence electrons. The van der Waals surface area contributed by atoms with E-state index >= 15 is 0 Å². The quantitative estimate of drug-likeness (QED) is 0.452. The molecule has 11 heteroatoms. The van der Waals surface area contributed by atoms with E-state index in [0.717, 1.165) is 5.56 Å². The SMILES string of the molecule is CCOC(=O)c1c(S(=O)N2CCS(=O)(=O)CC2)c2ccccc2n1Cc1ccc(Cl)c(Cl)c1. The molecule has 0 amide bonds. The number of fused-ring (bicyclic) bond motifs is 1. The Labute approximate surface area is 204 Å². The van der Waals surface area contributed by atoms with Gasteiger partial charge in [-0.25, -0.2) is 21.7 Å². The molecule has 0 saturated carbocycles. The normalized spacial score (nSPS) is 17.2. The van der Waals surface area contributed by atoms with Crippen LogP contribution in [-0.2, 0) is 32.1 Å². The van der Waals surface area contributed by atoms with Crippen LogP contribution in [0, 0.1) is 0 Å². The van der Waals surface area contributed by atoms with Crippen LogP contribution in [0.2, 0.25) is 10.0 Å². The largest absolute Gasteiger partial charge is 0.461 e. The number of para-hydroxylation sites is 1. The first-order valence-electron chi connectivity index (χ1n) is 10.3. The zero-order chi connectivity index (χ0) is 23.8. The molecular formula is C22H22Cl2N2O5S2. The topological polar surface area (TPSA) is 85.7 Å². The summed E-state index contributed by atoms with van der Waals surface area (Å²) in [5.74, 6) is -0.744. The third-order valence-corrected chi connectivity index (χ3v) is 9.38. The van der Waals surface area contributed by atoms with Crippen LogP contribution in [0.4, 0.5) is 0 Å². The molecule has 2 heterocycles. The van der Waals surface area contributed by atoms with Crippen LogP contribution >= 0.6 is 23.2 Å². The molecule has 1 fully saturated rings. The molecule has 0 N–H and O–H groups in total. The smallest absolute Gasteiger partial charge is 0.356 e. The van der Waals surface area contributed by atoms with Crippen LogP contribution in [0.1, 0.15) is 23.0 Å². The number of carbonyl (C=O) groups excluding carboxylic acids is 1. The maximum atomic E-state index is 13.7. The molecule has 33 heavy (non-hydrogen) atoms. The summed E-state index contributed by atoms with van der Waals surface area (Å²) in [6.07, 6.45) is 0. The monoisotopic (exact) mass is 528 g/mol. The minimum atomic E-state index is -3.15. The highest BCUT2D eigenvalue weighted by Gasteiger charge is 2.33. The zero-order valence-electron chi connectivity index (χ0n) is 17.8. The Morgan fingerprint density at radius 3 is 2.45 bits per heavy atom. The van der Waals surface area contributed by atoms with Gasteiger partial charge in [0.25, 0.3) is 0 Å². The number of nitrogens with zero attached hydrogens (tertiary/aromatic N) is 2. The fourth-order valence-corrected chi connectivity index (χ4v) is 7.07. The average Bonchev–Trinajstić information content (AvgIpc) is 3.10. The summed E-state index contributed by atoms with van der Waals surface area (Å²) in [6, 6.07) is 12.5. The fourth-order valence-electron chi connectivity index (χ4n) is 3.83. The Morgan fingerprint density at radius 1 is 1.09 bits per heavy atom. The molecule has 1 saturated heterocycles. The van der Waals surface area contributed by atoms with Crippen molar-refractivity contribution in [3.05, 3.63) is 63.8 Å². The van der Waals surface area contributed by atoms with Gasteiger partial charge in [0.05, 0.1) is 38.6 Å². The number of ether oxygens (including phenoxy) is 1. The van der Waals surface area contributed by atoms with Crippen molar-refractivity contribution in [3.63, 3.8) is 0 Å². The average molecular weight is 529 g/mol. The molecule has 3 aromatic rings. The van der Waals surface area contributed by atoms with Gasteiger partial charge >= 0.3 is 5.97 Å². The van der Waals surface area contributed by atoms with Crippen molar-refractivity contribution in [3.8, 4) is 0 Å². The molecule has 4 rings (SSSR count). The lowest BCUT2D eigenvalue weighted by atomic mass is 10.2. The summed E-state index contributed by atoms with van der Waals surface area (Å²) in [7, 11) is -4.91. The molecule has 0 aliphatic carbocycles. The highest BCUT2D eigenvalue weighted by Crippen LogP contribution is 2.33. The maximum Gasteiger partial charge on any atom is 0.356 e. The predicted octanol–water partition coefficient (Wildman–Crippen LogP) is 3.93. The van der Waals surface area contributed by atoms with Crippen LogP contribution in [-0.4, -0.2) is 58.7 Å². The number of halogens is 2. The lowest BCUT2D eigenvalue weighted by Gasteiger charge is -2.25. The molecule has 0 bridgehead atoms. The van der Waals surface area contributed by atoms with Crippen molar-refractivity contribution in [1.29, 1.82) is 0 Å².